The molecule has 0 saturated carbocycles. The van der Waals surface area contributed by atoms with Gasteiger partial charge < -0.3 is 14.5 Å². The Morgan fingerprint density at radius 2 is 0.782 bits per heavy atom. The highest BCUT2D eigenvalue weighted by molar-refractivity contribution is 7.25. The van der Waals surface area contributed by atoms with E-state index < -0.39 is 0 Å². The largest absolute Gasteiger partial charge is 0.487 e. The Kier molecular flexibility index (Phi) is 8.07. The Bertz CT molecular complexity index is 2630. The number of benzene rings is 4. The number of nitrogens with zero attached hydrogens (tertiary/aromatic N) is 2. The monoisotopic (exact) mass is 731 g/mol. The van der Waals surface area contributed by atoms with Gasteiger partial charge in [0.2, 0.25) is 0 Å². The minimum absolute atomic E-state index is 0.202. The SMILES string of the molecule is CC1(C)COc2c(c3sc2c(-c2ccccc2)c2nc(c(-c4ccccc4)c4ccc([nH]4)c(-c4ccccc4)c4nc(c3-c3ccccc3)C=C4)C=C2)OC1. The fourth-order valence-electron chi connectivity index (χ4n) is 7.63. The maximum atomic E-state index is 6.88. The summed E-state index contributed by atoms with van der Waals surface area (Å²) in [5.41, 5.74) is 13.5. The van der Waals surface area contributed by atoms with Gasteiger partial charge in [0.25, 0.3) is 0 Å². The average Bonchev–Trinajstić information content (AvgIpc) is 4.04. The molecule has 0 unspecified atom stereocenters. The number of aromatic amines is 1. The third-order valence-electron chi connectivity index (χ3n) is 10.3. The number of nitrogens with one attached hydrogen (secondary N) is 1. The molecule has 6 heteroatoms. The molecule has 4 aromatic carbocycles. The molecule has 1 N–H and O–H groups in total. The maximum Gasteiger partial charge on any atom is 0.180 e. The van der Waals surface area contributed by atoms with Crippen molar-refractivity contribution in [2.45, 2.75) is 13.8 Å². The average molecular weight is 732 g/mol. The van der Waals surface area contributed by atoms with Crippen LogP contribution < -0.4 is 9.47 Å². The minimum atomic E-state index is -0.202. The molecule has 0 saturated heterocycles. The van der Waals surface area contributed by atoms with Crippen molar-refractivity contribution in [1.82, 2.24) is 15.0 Å². The first-order chi connectivity index (χ1) is 27.0. The van der Waals surface area contributed by atoms with Gasteiger partial charge in [-0.05, 0) is 58.7 Å². The van der Waals surface area contributed by atoms with Crippen molar-refractivity contribution < 1.29 is 9.47 Å². The molecule has 0 amide bonds. The van der Waals surface area contributed by atoms with Gasteiger partial charge >= 0.3 is 0 Å². The summed E-state index contributed by atoms with van der Waals surface area (Å²) >= 11 is 1.69. The molecule has 55 heavy (non-hydrogen) atoms. The van der Waals surface area contributed by atoms with Gasteiger partial charge in [0, 0.05) is 38.7 Å². The molecular weight excluding hydrogens is 695 g/mol. The van der Waals surface area contributed by atoms with Crippen LogP contribution in [-0.2, 0) is 0 Å². The molecule has 10 rings (SSSR count). The lowest BCUT2D eigenvalue weighted by atomic mass is 9.97. The van der Waals surface area contributed by atoms with Crippen molar-refractivity contribution >= 4 is 56.1 Å². The second-order valence-corrected chi connectivity index (χ2v) is 15.9. The van der Waals surface area contributed by atoms with E-state index in [1.165, 1.54) is 0 Å². The maximum absolute atomic E-state index is 6.88. The quantitative estimate of drug-likeness (QED) is 0.196. The van der Waals surface area contributed by atoms with Crippen molar-refractivity contribution in [2.75, 3.05) is 13.2 Å². The first-order valence-electron chi connectivity index (χ1n) is 18.6. The summed E-state index contributed by atoms with van der Waals surface area (Å²) < 4.78 is 15.7. The Morgan fingerprint density at radius 3 is 1.15 bits per heavy atom. The molecule has 3 aromatic heterocycles. The van der Waals surface area contributed by atoms with E-state index in [1.807, 2.05) is 0 Å². The number of hydrogen-bond acceptors (Lipinski definition) is 5. The van der Waals surface area contributed by atoms with Gasteiger partial charge in [-0.3, -0.25) is 0 Å². The lowest BCUT2D eigenvalue weighted by molar-refractivity contribution is 0.141. The highest BCUT2D eigenvalue weighted by Crippen LogP contribution is 2.53. The zero-order valence-electron chi connectivity index (χ0n) is 30.5. The Labute approximate surface area is 324 Å². The Morgan fingerprint density at radius 1 is 0.455 bits per heavy atom. The molecule has 5 nitrogen and oxygen atoms in total. The molecule has 0 spiro atoms. The van der Waals surface area contributed by atoms with Gasteiger partial charge in [0.15, 0.2) is 11.5 Å². The third kappa shape index (κ3) is 5.96. The topological polar surface area (TPSA) is 60.0 Å². The van der Waals surface area contributed by atoms with E-state index in [4.69, 9.17) is 19.4 Å². The standard InChI is InChI=1S/C49H37N3O2S/c1-49(2)29-53-45-46(54-30-49)48-44(34-21-13-6-14-22-34)40-28-26-38(52-40)42(32-17-9-4-10-18-32)36-24-23-35(50-36)41(31-15-7-3-8-16-31)37-25-27-39(51-37)43(47(45)55-48)33-19-11-5-12-20-33/h3-28,50H,29-30H2,1-2H3. The predicted molar refractivity (Wildman–Crippen MR) is 229 cm³/mol. The summed E-state index contributed by atoms with van der Waals surface area (Å²) in [4.78, 5) is 14.8. The molecule has 0 fully saturated rings. The van der Waals surface area contributed by atoms with Crippen LogP contribution >= 0.6 is 11.3 Å². The van der Waals surface area contributed by atoms with Crippen molar-refractivity contribution in [3.05, 3.63) is 156 Å². The summed E-state index contributed by atoms with van der Waals surface area (Å²) in [6.07, 6.45) is 8.56. The Balaban J connectivity index is 1.45. The van der Waals surface area contributed by atoms with Gasteiger partial charge in [-0.15, -0.1) is 11.3 Å². The first-order valence-corrected chi connectivity index (χ1v) is 19.4. The summed E-state index contributed by atoms with van der Waals surface area (Å²) in [5, 5.41) is 0. The van der Waals surface area contributed by atoms with Crippen molar-refractivity contribution in [2.24, 2.45) is 5.41 Å². The molecule has 0 radical (unpaired) electrons. The minimum Gasteiger partial charge on any atom is -0.487 e. The lowest BCUT2D eigenvalue weighted by Gasteiger charge is -2.20. The zero-order valence-corrected chi connectivity index (χ0v) is 31.4. The van der Waals surface area contributed by atoms with E-state index in [0.29, 0.717) is 13.2 Å². The molecule has 266 valence electrons. The number of fused-ring (bicyclic) bond motifs is 11. The van der Waals surface area contributed by atoms with Crippen LogP contribution in [-0.4, -0.2) is 28.2 Å². The number of H-pyrrole nitrogens is 1. The summed E-state index contributed by atoms with van der Waals surface area (Å²) in [6.45, 7) is 5.40. The van der Waals surface area contributed by atoms with Crippen molar-refractivity contribution in [3.63, 3.8) is 0 Å². The highest BCUT2D eigenvalue weighted by Gasteiger charge is 2.31. The second-order valence-electron chi connectivity index (χ2n) is 14.8. The van der Waals surface area contributed by atoms with Crippen molar-refractivity contribution in [1.29, 1.82) is 0 Å². The molecule has 3 aliphatic rings. The van der Waals surface area contributed by atoms with Gasteiger partial charge in [-0.25, -0.2) is 9.97 Å². The van der Waals surface area contributed by atoms with Crippen LogP contribution in [0.15, 0.2) is 133 Å². The van der Waals surface area contributed by atoms with E-state index in [0.717, 1.165) is 99.2 Å². The van der Waals surface area contributed by atoms with E-state index in [9.17, 15) is 0 Å². The van der Waals surface area contributed by atoms with Crippen LogP contribution in [0.2, 0.25) is 0 Å². The second kappa shape index (κ2) is 13.4. The summed E-state index contributed by atoms with van der Waals surface area (Å²) in [7, 11) is 0. The summed E-state index contributed by atoms with van der Waals surface area (Å²) in [6, 6.07) is 46.4. The number of aromatic nitrogens is 3. The molecule has 8 bridgehead atoms. The van der Waals surface area contributed by atoms with E-state index >= 15 is 0 Å². The zero-order chi connectivity index (χ0) is 36.9. The van der Waals surface area contributed by atoms with E-state index in [2.05, 4.69) is 177 Å². The number of ether oxygens (including phenoxy) is 2. The van der Waals surface area contributed by atoms with Crippen molar-refractivity contribution in [3.8, 4) is 56.0 Å². The molecule has 3 aliphatic heterocycles. The third-order valence-corrected chi connectivity index (χ3v) is 11.5. The fourth-order valence-corrected chi connectivity index (χ4v) is 8.97. The first kappa shape index (κ1) is 33.1. The molecule has 0 atom stereocenters. The van der Waals surface area contributed by atoms with Gasteiger partial charge in [0.1, 0.15) is 0 Å². The van der Waals surface area contributed by atoms with Crippen LogP contribution in [0.5, 0.6) is 11.5 Å². The van der Waals surface area contributed by atoms with Crippen LogP contribution in [0.25, 0.3) is 89.2 Å². The Hall–Kier alpha value is -6.50. The number of thiophene rings is 1. The highest BCUT2D eigenvalue weighted by atomic mass is 32.1. The normalized spacial score (nSPS) is 14.1. The predicted octanol–water partition coefficient (Wildman–Crippen LogP) is 12.9. The van der Waals surface area contributed by atoms with Crippen LogP contribution in [0.1, 0.15) is 36.6 Å². The van der Waals surface area contributed by atoms with Crippen LogP contribution in [0.4, 0.5) is 0 Å². The van der Waals surface area contributed by atoms with Gasteiger partial charge in [0.05, 0.1) is 45.4 Å². The molecule has 7 aromatic rings. The molecular formula is C49H37N3O2S. The molecule has 0 aliphatic carbocycles. The summed E-state index contributed by atoms with van der Waals surface area (Å²) in [5.74, 6) is 1.49. The van der Waals surface area contributed by atoms with Gasteiger partial charge in [-0.2, -0.15) is 0 Å². The number of rotatable bonds is 4. The number of hydrogen-bond donors (Lipinski definition) is 1. The van der Waals surface area contributed by atoms with Crippen LogP contribution in [0.3, 0.4) is 0 Å². The fraction of sp³-hybridized carbons (Fsp3) is 0.102. The smallest absolute Gasteiger partial charge is 0.180 e. The van der Waals surface area contributed by atoms with Gasteiger partial charge in [-0.1, -0.05) is 135 Å². The lowest BCUT2D eigenvalue weighted by Crippen LogP contribution is -2.26. The van der Waals surface area contributed by atoms with E-state index in [-0.39, 0.29) is 5.41 Å². The van der Waals surface area contributed by atoms with Crippen LogP contribution in [0, 0.1) is 5.41 Å². The van der Waals surface area contributed by atoms with E-state index in [1.54, 1.807) is 11.3 Å². The molecule has 6 heterocycles.